The molecule has 2 fully saturated rings. The highest BCUT2D eigenvalue weighted by Gasteiger charge is 2.40. The fourth-order valence-corrected chi connectivity index (χ4v) is 3.00. The molecule has 0 aliphatic carbocycles. The molecule has 0 radical (unpaired) electrons. The molecule has 1 aromatic rings. The number of anilines is 1. The molecule has 0 bridgehead atoms. The van der Waals surface area contributed by atoms with Crippen LogP contribution in [0.5, 0.6) is 0 Å². The third-order valence-electron chi connectivity index (χ3n) is 4.22. The van der Waals surface area contributed by atoms with Gasteiger partial charge in [0, 0.05) is 31.6 Å². The molecule has 0 saturated carbocycles. The Bertz CT molecular complexity index is 514. The lowest BCUT2D eigenvalue weighted by Crippen LogP contribution is -2.45. The summed E-state index contributed by atoms with van der Waals surface area (Å²) in [4.78, 5) is 1.99. The second-order valence-corrected chi connectivity index (χ2v) is 5.59. The van der Waals surface area contributed by atoms with Crippen molar-refractivity contribution >= 4 is 5.69 Å². The largest absolute Gasteiger partial charge is 0.416 e. The molecular formula is C15H18F3NO2. The van der Waals surface area contributed by atoms with Crippen LogP contribution >= 0.6 is 0 Å². The van der Waals surface area contributed by atoms with E-state index in [1.54, 1.807) is 0 Å². The standard InChI is InChI=1S/C15H18F3NO2/c1-11-2-3-12(15(16,17)18)10-13(11)19-6-4-14(5-7-19)20-8-9-21-14/h2-3,10H,4-9H2,1H3. The van der Waals surface area contributed by atoms with Gasteiger partial charge < -0.3 is 14.4 Å². The van der Waals surface area contributed by atoms with E-state index in [0.717, 1.165) is 11.6 Å². The van der Waals surface area contributed by atoms with Crippen molar-refractivity contribution in [3.8, 4) is 0 Å². The second-order valence-electron chi connectivity index (χ2n) is 5.59. The molecule has 0 unspecified atom stereocenters. The fraction of sp³-hybridized carbons (Fsp3) is 0.600. The van der Waals surface area contributed by atoms with Gasteiger partial charge in [-0.05, 0) is 24.6 Å². The van der Waals surface area contributed by atoms with E-state index in [-0.39, 0.29) is 0 Å². The number of nitrogens with zero attached hydrogens (tertiary/aromatic N) is 1. The maximum atomic E-state index is 12.8. The first kappa shape index (κ1) is 14.7. The molecule has 21 heavy (non-hydrogen) atoms. The molecule has 2 saturated heterocycles. The summed E-state index contributed by atoms with van der Waals surface area (Å²) in [6, 6.07) is 3.91. The molecule has 0 N–H and O–H groups in total. The van der Waals surface area contributed by atoms with Crippen LogP contribution in [-0.2, 0) is 15.7 Å². The predicted octanol–water partition coefficient (Wildman–Crippen LogP) is 3.36. The van der Waals surface area contributed by atoms with E-state index < -0.39 is 17.5 Å². The summed E-state index contributed by atoms with van der Waals surface area (Å²) in [6.45, 7) is 4.32. The van der Waals surface area contributed by atoms with Gasteiger partial charge in [0.1, 0.15) is 0 Å². The van der Waals surface area contributed by atoms with Gasteiger partial charge in [0.15, 0.2) is 5.79 Å². The molecule has 2 aliphatic rings. The number of hydrogen-bond acceptors (Lipinski definition) is 3. The molecule has 3 nitrogen and oxygen atoms in total. The Balaban J connectivity index is 1.78. The van der Waals surface area contributed by atoms with Crippen LogP contribution in [0.4, 0.5) is 18.9 Å². The topological polar surface area (TPSA) is 21.7 Å². The average molecular weight is 301 g/mol. The van der Waals surface area contributed by atoms with Crippen LogP contribution in [0.1, 0.15) is 24.0 Å². The Labute approximate surface area is 121 Å². The summed E-state index contributed by atoms with van der Waals surface area (Å²) < 4.78 is 49.8. The molecule has 2 heterocycles. The van der Waals surface area contributed by atoms with Gasteiger partial charge in [-0.1, -0.05) is 6.07 Å². The highest BCUT2D eigenvalue weighted by Crippen LogP contribution is 2.37. The summed E-state index contributed by atoms with van der Waals surface area (Å²) in [7, 11) is 0. The SMILES string of the molecule is Cc1ccc(C(F)(F)F)cc1N1CCC2(CC1)OCCO2. The lowest BCUT2D eigenvalue weighted by molar-refractivity contribution is -0.169. The normalized spacial score (nSPS) is 22.0. The van der Waals surface area contributed by atoms with Gasteiger partial charge >= 0.3 is 6.18 Å². The van der Waals surface area contributed by atoms with E-state index in [9.17, 15) is 13.2 Å². The number of rotatable bonds is 1. The van der Waals surface area contributed by atoms with Crippen LogP contribution in [0.3, 0.4) is 0 Å². The Morgan fingerprint density at radius 3 is 2.29 bits per heavy atom. The molecule has 2 aliphatic heterocycles. The Morgan fingerprint density at radius 2 is 1.71 bits per heavy atom. The Kier molecular flexibility index (Phi) is 3.61. The van der Waals surface area contributed by atoms with E-state index in [0.29, 0.717) is 44.8 Å². The molecule has 3 rings (SSSR count). The Morgan fingerprint density at radius 1 is 1.10 bits per heavy atom. The van der Waals surface area contributed by atoms with E-state index in [4.69, 9.17) is 9.47 Å². The lowest BCUT2D eigenvalue weighted by Gasteiger charge is -2.39. The van der Waals surface area contributed by atoms with Crippen molar-refractivity contribution in [3.05, 3.63) is 29.3 Å². The van der Waals surface area contributed by atoms with Crippen LogP contribution in [0.25, 0.3) is 0 Å². The number of hydrogen-bond donors (Lipinski definition) is 0. The van der Waals surface area contributed by atoms with Crippen molar-refractivity contribution in [2.75, 3.05) is 31.2 Å². The van der Waals surface area contributed by atoms with Crippen molar-refractivity contribution in [1.29, 1.82) is 0 Å². The summed E-state index contributed by atoms with van der Waals surface area (Å²) >= 11 is 0. The zero-order valence-corrected chi connectivity index (χ0v) is 11.9. The van der Waals surface area contributed by atoms with Crippen molar-refractivity contribution < 1.29 is 22.6 Å². The minimum Gasteiger partial charge on any atom is -0.371 e. The number of piperidine rings is 1. The number of halogens is 3. The first-order valence-corrected chi connectivity index (χ1v) is 7.10. The zero-order chi connectivity index (χ0) is 15.1. The highest BCUT2D eigenvalue weighted by molar-refractivity contribution is 5.56. The van der Waals surface area contributed by atoms with Gasteiger partial charge in [-0.2, -0.15) is 13.2 Å². The maximum absolute atomic E-state index is 12.8. The predicted molar refractivity (Wildman–Crippen MR) is 72.3 cm³/mol. The summed E-state index contributed by atoms with van der Waals surface area (Å²) in [5.41, 5.74) is 0.904. The molecular weight excluding hydrogens is 283 g/mol. The molecule has 6 heteroatoms. The minimum absolute atomic E-state index is 0.508. The second kappa shape index (κ2) is 5.18. The minimum atomic E-state index is -4.31. The van der Waals surface area contributed by atoms with Crippen molar-refractivity contribution in [2.24, 2.45) is 0 Å². The van der Waals surface area contributed by atoms with Crippen LogP contribution in [-0.4, -0.2) is 32.1 Å². The zero-order valence-electron chi connectivity index (χ0n) is 11.9. The van der Waals surface area contributed by atoms with Crippen molar-refractivity contribution in [1.82, 2.24) is 0 Å². The quantitative estimate of drug-likeness (QED) is 0.794. The number of alkyl halides is 3. The third-order valence-corrected chi connectivity index (χ3v) is 4.22. The van der Waals surface area contributed by atoms with E-state index in [1.165, 1.54) is 12.1 Å². The van der Waals surface area contributed by atoms with Gasteiger partial charge in [-0.25, -0.2) is 0 Å². The van der Waals surface area contributed by atoms with Gasteiger partial charge in [-0.3, -0.25) is 0 Å². The molecule has 0 aromatic heterocycles. The summed E-state index contributed by atoms with van der Waals surface area (Å²) in [6.07, 6.45) is -2.94. The summed E-state index contributed by atoms with van der Waals surface area (Å²) in [5.74, 6) is -0.508. The van der Waals surface area contributed by atoms with E-state index >= 15 is 0 Å². The lowest BCUT2D eigenvalue weighted by atomic mass is 10.0. The highest BCUT2D eigenvalue weighted by atomic mass is 19.4. The van der Waals surface area contributed by atoms with E-state index in [1.807, 2.05) is 11.8 Å². The number of ether oxygens (including phenoxy) is 2. The van der Waals surface area contributed by atoms with Gasteiger partial charge in [0.2, 0.25) is 0 Å². The smallest absolute Gasteiger partial charge is 0.371 e. The number of aryl methyl sites for hydroxylation is 1. The molecule has 116 valence electrons. The third kappa shape index (κ3) is 2.87. The maximum Gasteiger partial charge on any atom is 0.416 e. The Hall–Kier alpha value is -1.27. The van der Waals surface area contributed by atoms with Gasteiger partial charge in [-0.15, -0.1) is 0 Å². The summed E-state index contributed by atoms with van der Waals surface area (Å²) in [5, 5.41) is 0. The average Bonchev–Trinajstić information content (AvgIpc) is 2.88. The van der Waals surface area contributed by atoms with Crippen LogP contribution in [0.2, 0.25) is 0 Å². The monoisotopic (exact) mass is 301 g/mol. The fourth-order valence-electron chi connectivity index (χ4n) is 3.00. The van der Waals surface area contributed by atoms with E-state index in [2.05, 4.69) is 0 Å². The van der Waals surface area contributed by atoms with Crippen molar-refractivity contribution in [2.45, 2.75) is 31.7 Å². The van der Waals surface area contributed by atoms with Crippen LogP contribution < -0.4 is 4.90 Å². The van der Waals surface area contributed by atoms with Crippen LogP contribution in [0, 0.1) is 6.92 Å². The van der Waals surface area contributed by atoms with Crippen LogP contribution in [0.15, 0.2) is 18.2 Å². The van der Waals surface area contributed by atoms with Crippen molar-refractivity contribution in [3.63, 3.8) is 0 Å². The molecule has 1 spiro atoms. The molecule has 0 atom stereocenters. The van der Waals surface area contributed by atoms with Gasteiger partial charge in [0.05, 0.1) is 18.8 Å². The molecule has 0 amide bonds. The first-order valence-electron chi connectivity index (χ1n) is 7.10. The number of benzene rings is 1. The first-order chi connectivity index (χ1) is 9.90. The van der Waals surface area contributed by atoms with Gasteiger partial charge in [0.25, 0.3) is 0 Å². The molecule has 1 aromatic carbocycles.